The van der Waals surface area contributed by atoms with Gasteiger partial charge >= 0.3 is 0 Å². The summed E-state index contributed by atoms with van der Waals surface area (Å²) >= 11 is 0. The van der Waals surface area contributed by atoms with E-state index in [-0.39, 0.29) is 5.91 Å². The SMILES string of the molecule is Cc1nc(Oc2ccc(NC(=O)/C=C/c3ccccc3)cc2)cc(-n2cnc(C)c2C)n1. The van der Waals surface area contributed by atoms with Gasteiger partial charge in [0.15, 0.2) is 0 Å². The number of imidazole rings is 1. The third-order valence-electron chi connectivity index (χ3n) is 4.87. The summed E-state index contributed by atoms with van der Waals surface area (Å²) < 4.78 is 7.82. The van der Waals surface area contributed by atoms with Crippen LogP contribution in [0, 0.1) is 20.8 Å². The molecule has 32 heavy (non-hydrogen) atoms. The number of aromatic nitrogens is 4. The van der Waals surface area contributed by atoms with Crippen LogP contribution in [0.2, 0.25) is 0 Å². The van der Waals surface area contributed by atoms with Crippen molar-refractivity contribution in [2.75, 3.05) is 5.32 Å². The molecule has 0 saturated carbocycles. The second-order valence-electron chi connectivity index (χ2n) is 7.26. The van der Waals surface area contributed by atoms with Crippen molar-refractivity contribution in [2.45, 2.75) is 20.8 Å². The first kappa shape index (κ1) is 21.0. The second kappa shape index (κ2) is 9.26. The molecule has 0 aliphatic heterocycles. The normalized spacial score (nSPS) is 11.0. The molecule has 1 amide bonds. The molecule has 0 spiro atoms. The Morgan fingerprint density at radius 3 is 2.44 bits per heavy atom. The Labute approximate surface area is 186 Å². The summed E-state index contributed by atoms with van der Waals surface area (Å²) in [4.78, 5) is 25.3. The minimum absolute atomic E-state index is 0.204. The van der Waals surface area contributed by atoms with Gasteiger partial charge in [-0.1, -0.05) is 30.3 Å². The van der Waals surface area contributed by atoms with Crippen LogP contribution in [0.5, 0.6) is 11.6 Å². The number of ether oxygens (including phenoxy) is 1. The van der Waals surface area contributed by atoms with Gasteiger partial charge in [-0.2, -0.15) is 4.98 Å². The average Bonchev–Trinajstić information content (AvgIpc) is 3.12. The Balaban J connectivity index is 1.43. The van der Waals surface area contributed by atoms with Crippen molar-refractivity contribution in [1.82, 2.24) is 19.5 Å². The standard InChI is InChI=1S/C25H23N5O2/c1-17-18(2)30(16-26-17)23-15-25(28-19(3)27-23)32-22-12-10-21(11-13-22)29-24(31)14-9-20-7-5-4-6-8-20/h4-16H,1-3H3,(H,29,31)/b14-9+. The molecule has 0 fully saturated rings. The minimum atomic E-state index is -0.204. The minimum Gasteiger partial charge on any atom is -0.439 e. The zero-order chi connectivity index (χ0) is 22.5. The van der Waals surface area contributed by atoms with Gasteiger partial charge in [0.1, 0.15) is 23.7 Å². The number of nitrogens with zero attached hydrogens (tertiary/aromatic N) is 4. The van der Waals surface area contributed by atoms with E-state index in [2.05, 4.69) is 20.3 Å². The number of hydrogen-bond donors (Lipinski definition) is 1. The molecule has 0 bridgehead atoms. The van der Waals surface area contributed by atoms with E-state index in [4.69, 9.17) is 4.74 Å². The zero-order valence-electron chi connectivity index (χ0n) is 18.1. The van der Waals surface area contributed by atoms with Crippen molar-refractivity contribution >= 4 is 17.7 Å². The molecule has 0 aliphatic carbocycles. The second-order valence-corrected chi connectivity index (χ2v) is 7.26. The number of rotatable bonds is 6. The monoisotopic (exact) mass is 425 g/mol. The molecule has 7 nitrogen and oxygen atoms in total. The number of hydrogen-bond acceptors (Lipinski definition) is 5. The molecule has 4 rings (SSSR count). The third-order valence-corrected chi connectivity index (χ3v) is 4.87. The number of benzene rings is 2. The molecule has 0 atom stereocenters. The lowest BCUT2D eigenvalue weighted by Gasteiger charge is -2.10. The van der Waals surface area contributed by atoms with E-state index in [1.165, 1.54) is 6.08 Å². The number of carbonyl (C=O) groups is 1. The van der Waals surface area contributed by atoms with Crippen molar-refractivity contribution in [3.8, 4) is 17.4 Å². The number of aryl methyl sites for hydroxylation is 2. The van der Waals surface area contributed by atoms with E-state index in [9.17, 15) is 4.79 Å². The maximum Gasteiger partial charge on any atom is 0.248 e. The highest BCUT2D eigenvalue weighted by Gasteiger charge is 2.10. The fraction of sp³-hybridized carbons (Fsp3) is 0.120. The van der Waals surface area contributed by atoms with Gasteiger partial charge in [-0.15, -0.1) is 0 Å². The summed E-state index contributed by atoms with van der Waals surface area (Å²) in [5, 5.41) is 2.83. The smallest absolute Gasteiger partial charge is 0.248 e. The van der Waals surface area contributed by atoms with Crippen LogP contribution in [0.4, 0.5) is 5.69 Å². The predicted molar refractivity (Wildman–Crippen MR) is 124 cm³/mol. The van der Waals surface area contributed by atoms with Crippen LogP contribution in [-0.4, -0.2) is 25.4 Å². The van der Waals surface area contributed by atoms with E-state index >= 15 is 0 Å². The van der Waals surface area contributed by atoms with E-state index < -0.39 is 0 Å². The van der Waals surface area contributed by atoms with Gasteiger partial charge in [-0.3, -0.25) is 9.36 Å². The molecule has 2 heterocycles. The Morgan fingerprint density at radius 1 is 1.00 bits per heavy atom. The van der Waals surface area contributed by atoms with E-state index in [1.54, 1.807) is 42.7 Å². The summed E-state index contributed by atoms with van der Waals surface area (Å²) in [5.41, 5.74) is 3.59. The fourth-order valence-corrected chi connectivity index (χ4v) is 3.08. The first-order chi connectivity index (χ1) is 15.5. The highest BCUT2D eigenvalue weighted by molar-refractivity contribution is 6.01. The van der Waals surface area contributed by atoms with Crippen LogP contribution < -0.4 is 10.1 Å². The predicted octanol–water partition coefficient (Wildman–Crippen LogP) is 5.03. The van der Waals surface area contributed by atoms with Crippen LogP contribution in [0.1, 0.15) is 22.8 Å². The van der Waals surface area contributed by atoms with Gasteiger partial charge in [0.25, 0.3) is 0 Å². The lowest BCUT2D eigenvalue weighted by atomic mass is 10.2. The molecule has 2 aromatic carbocycles. The number of carbonyl (C=O) groups excluding carboxylic acids is 1. The molecule has 0 unspecified atom stereocenters. The van der Waals surface area contributed by atoms with Crippen molar-refractivity contribution < 1.29 is 9.53 Å². The van der Waals surface area contributed by atoms with Crippen molar-refractivity contribution in [2.24, 2.45) is 0 Å². The molecule has 0 aliphatic rings. The van der Waals surface area contributed by atoms with E-state index in [1.807, 2.05) is 55.7 Å². The van der Waals surface area contributed by atoms with Crippen LogP contribution in [-0.2, 0) is 4.79 Å². The summed E-state index contributed by atoms with van der Waals surface area (Å²) in [5.74, 6) is 2.12. The quantitative estimate of drug-likeness (QED) is 0.438. The van der Waals surface area contributed by atoms with Crippen molar-refractivity contribution in [3.05, 3.63) is 95.8 Å². The number of anilines is 1. The van der Waals surface area contributed by atoms with Gasteiger partial charge in [0.2, 0.25) is 11.8 Å². The highest BCUT2D eigenvalue weighted by Crippen LogP contribution is 2.24. The van der Waals surface area contributed by atoms with Gasteiger partial charge in [-0.25, -0.2) is 9.97 Å². The van der Waals surface area contributed by atoms with Crippen LogP contribution in [0.25, 0.3) is 11.9 Å². The topological polar surface area (TPSA) is 81.9 Å². The van der Waals surface area contributed by atoms with E-state index in [0.29, 0.717) is 29.0 Å². The molecule has 2 aromatic heterocycles. The van der Waals surface area contributed by atoms with Gasteiger partial charge in [-0.05, 0) is 56.7 Å². The Bertz CT molecular complexity index is 1260. The summed E-state index contributed by atoms with van der Waals surface area (Å²) in [6.45, 7) is 5.76. The lowest BCUT2D eigenvalue weighted by Crippen LogP contribution is -2.07. The van der Waals surface area contributed by atoms with Crippen LogP contribution in [0.15, 0.2) is 73.1 Å². The van der Waals surface area contributed by atoms with Crippen LogP contribution >= 0.6 is 0 Å². The largest absolute Gasteiger partial charge is 0.439 e. The molecule has 1 N–H and O–H groups in total. The fourth-order valence-electron chi connectivity index (χ4n) is 3.08. The van der Waals surface area contributed by atoms with Gasteiger partial charge in [0, 0.05) is 23.5 Å². The Hall–Kier alpha value is -4.26. The number of amides is 1. The zero-order valence-corrected chi connectivity index (χ0v) is 18.1. The maximum atomic E-state index is 12.1. The third kappa shape index (κ3) is 5.07. The molecular weight excluding hydrogens is 402 g/mol. The van der Waals surface area contributed by atoms with Crippen LogP contribution in [0.3, 0.4) is 0 Å². The lowest BCUT2D eigenvalue weighted by molar-refractivity contribution is -0.111. The Morgan fingerprint density at radius 2 is 1.75 bits per heavy atom. The summed E-state index contributed by atoms with van der Waals surface area (Å²) in [6.07, 6.45) is 5.01. The maximum absolute atomic E-state index is 12.1. The molecule has 0 saturated heterocycles. The average molecular weight is 425 g/mol. The van der Waals surface area contributed by atoms with Crippen molar-refractivity contribution in [1.29, 1.82) is 0 Å². The van der Waals surface area contributed by atoms with Gasteiger partial charge < -0.3 is 10.1 Å². The summed E-state index contributed by atoms with van der Waals surface area (Å²) in [7, 11) is 0. The molecular formula is C25H23N5O2. The van der Waals surface area contributed by atoms with Gasteiger partial charge in [0.05, 0.1) is 5.69 Å². The first-order valence-corrected chi connectivity index (χ1v) is 10.2. The summed E-state index contributed by atoms with van der Waals surface area (Å²) in [6, 6.07) is 18.5. The molecule has 7 heteroatoms. The van der Waals surface area contributed by atoms with E-state index in [0.717, 1.165) is 17.0 Å². The first-order valence-electron chi connectivity index (χ1n) is 10.2. The number of nitrogens with one attached hydrogen (secondary N) is 1. The highest BCUT2D eigenvalue weighted by atomic mass is 16.5. The molecule has 160 valence electrons. The van der Waals surface area contributed by atoms with Crippen molar-refractivity contribution in [3.63, 3.8) is 0 Å². The molecule has 0 radical (unpaired) electrons. The molecule has 4 aromatic rings. The Kier molecular flexibility index (Phi) is 6.07.